The lowest BCUT2D eigenvalue weighted by Crippen LogP contribution is -2.30. The number of rotatable bonds is 4. The summed E-state index contributed by atoms with van der Waals surface area (Å²) < 4.78 is 9.82. The lowest BCUT2D eigenvalue weighted by molar-refractivity contribution is -0.123. The fraction of sp³-hybridized carbons (Fsp3) is 0.267. The highest BCUT2D eigenvalue weighted by Crippen LogP contribution is 2.20. The van der Waals surface area contributed by atoms with Crippen LogP contribution < -0.4 is 5.32 Å². The van der Waals surface area contributed by atoms with Crippen molar-refractivity contribution in [2.45, 2.75) is 26.9 Å². The van der Waals surface area contributed by atoms with E-state index in [-0.39, 0.29) is 5.76 Å². The van der Waals surface area contributed by atoms with Crippen molar-refractivity contribution in [3.63, 3.8) is 0 Å². The van der Waals surface area contributed by atoms with Gasteiger partial charge in [-0.25, -0.2) is 4.79 Å². The molecule has 1 heterocycles. The Hall–Kier alpha value is -2.34. The van der Waals surface area contributed by atoms with Crippen LogP contribution in [0.2, 0.25) is 5.02 Å². The first-order valence-corrected chi connectivity index (χ1v) is 6.96. The smallest absolute Gasteiger partial charge is 0.377 e. The molecule has 22 heavy (non-hydrogen) atoms. The number of hydrogen-bond acceptors (Lipinski definition) is 5. The Morgan fingerprint density at radius 2 is 2.05 bits per heavy atom. The monoisotopic (exact) mass is 322 g/mol. The van der Waals surface area contributed by atoms with E-state index in [2.05, 4.69) is 10.5 Å². The summed E-state index contributed by atoms with van der Waals surface area (Å²) in [6.07, 6.45) is -0.990. The van der Waals surface area contributed by atoms with Gasteiger partial charge in [-0.05, 0) is 38.5 Å². The molecular weight excluding hydrogens is 308 g/mol. The van der Waals surface area contributed by atoms with Gasteiger partial charge in [-0.1, -0.05) is 22.8 Å². The van der Waals surface area contributed by atoms with Gasteiger partial charge in [0.15, 0.2) is 6.10 Å². The lowest BCUT2D eigenvalue weighted by Gasteiger charge is -2.14. The first kappa shape index (κ1) is 16.0. The summed E-state index contributed by atoms with van der Waals surface area (Å²) in [5.41, 5.74) is 1.97. The maximum atomic E-state index is 12.1. The molecule has 1 atom stereocenters. The molecule has 0 aliphatic rings. The van der Waals surface area contributed by atoms with Crippen molar-refractivity contribution in [2.75, 3.05) is 5.32 Å². The van der Waals surface area contributed by atoms with E-state index in [1.165, 1.54) is 13.0 Å². The van der Waals surface area contributed by atoms with Crippen LogP contribution in [0.15, 0.2) is 28.8 Å². The molecular formula is C15H15ClN2O4. The highest BCUT2D eigenvalue weighted by Gasteiger charge is 2.22. The minimum Gasteiger partial charge on any atom is -0.447 e. The van der Waals surface area contributed by atoms with Gasteiger partial charge in [0.05, 0.1) is 5.69 Å². The minimum absolute atomic E-state index is 0.0453. The van der Waals surface area contributed by atoms with E-state index in [0.29, 0.717) is 16.4 Å². The molecule has 0 radical (unpaired) electrons. The zero-order valence-electron chi connectivity index (χ0n) is 12.3. The number of nitrogens with zero attached hydrogens (tertiary/aromatic N) is 1. The predicted octanol–water partition coefficient (Wildman–Crippen LogP) is 3.13. The van der Waals surface area contributed by atoms with Crippen LogP contribution in [0.4, 0.5) is 5.69 Å². The Balaban J connectivity index is 2.00. The number of hydrogen-bond donors (Lipinski definition) is 1. The number of amides is 1. The fourth-order valence-electron chi connectivity index (χ4n) is 1.70. The molecule has 0 aliphatic carbocycles. The van der Waals surface area contributed by atoms with Crippen LogP contribution in [0.3, 0.4) is 0 Å². The third-order valence-electron chi connectivity index (χ3n) is 2.94. The Morgan fingerprint density at radius 1 is 1.32 bits per heavy atom. The maximum Gasteiger partial charge on any atom is 0.377 e. The van der Waals surface area contributed by atoms with Crippen molar-refractivity contribution in [3.8, 4) is 0 Å². The number of carbonyl (C=O) groups is 2. The summed E-state index contributed by atoms with van der Waals surface area (Å²) in [7, 11) is 0. The Kier molecular flexibility index (Phi) is 4.82. The quantitative estimate of drug-likeness (QED) is 0.874. The van der Waals surface area contributed by atoms with Crippen LogP contribution in [0.5, 0.6) is 0 Å². The van der Waals surface area contributed by atoms with E-state index in [1.807, 2.05) is 6.92 Å². The van der Waals surface area contributed by atoms with E-state index in [4.69, 9.17) is 20.9 Å². The standard InChI is InChI=1S/C15H15ClN2O4/c1-8-4-5-11(16)7-12(8)17-14(19)10(3)21-15(20)13-6-9(2)18-22-13/h4-7,10H,1-3H3,(H,17,19)/t10-/m1/s1. The Labute approximate surface area is 132 Å². The summed E-state index contributed by atoms with van der Waals surface area (Å²) in [4.78, 5) is 23.9. The third-order valence-corrected chi connectivity index (χ3v) is 3.17. The number of benzene rings is 1. The van der Waals surface area contributed by atoms with Crippen LogP contribution >= 0.6 is 11.6 Å². The fourth-order valence-corrected chi connectivity index (χ4v) is 1.87. The minimum atomic E-state index is -0.990. The van der Waals surface area contributed by atoms with Crippen LogP contribution in [0.1, 0.15) is 28.7 Å². The van der Waals surface area contributed by atoms with Gasteiger partial charge in [-0.2, -0.15) is 0 Å². The van der Waals surface area contributed by atoms with Gasteiger partial charge in [0.25, 0.3) is 5.91 Å². The zero-order chi connectivity index (χ0) is 16.3. The molecule has 0 bridgehead atoms. The normalized spacial score (nSPS) is 11.8. The number of nitrogens with one attached hydrogen (secondary N) is 1. The van der Waals surface area contributed by atoms with Crippen molar-refractivity contribution in [2.24, 2.45) is 0 Å². The molecule has 0 spiro atoms. The first-order chi connectivity index (χ1) is 10.4. The van der Waals surface area contributed by atoms with Crippen molar-refractivity contribution < 1.29 is 18.8 Å². The average molecular weight is 323 g/mol. The molecule has 2 aromatic rings. The van der Waals surface area contributed by atoms with Crippen LogP contribution in [-0.2, 0) is 9.53 Å². The van der Waals surface area contributed by atoms with E-state index in [9.17, 15) is 9.59 Å². The summed E-state index contributed by atoms with van der Waals surface area (Å²) >= 11 is 5.89. The third kappa shape index (κ3) is 3.85. The molecule has 1 aromatic carbocycles. The van der Waals surface area contributed by atoms with Gasteiger partial charge < -0.3 is 14.6 Å². The number of anilines is 1. The number of carbonyl (C=O) groups excluding carboxylic acids is 2. The Bertz CT molecular complexity index is 711. The zero-order valence-corrected chi connectivity index (χ0v) is 13.1. The highest BCUT2D eigenvalue weighted by atomic mass is 35.5. The molecule has 1 N–H and O–H groups in total. The molecule has 116 valence electrons. The number of aromatic nitrogens is 1. The van der Waals surface area contributed by atoms with Crippen LogP contribution in [-0.4, -0.2) is 23.1 Å². The van der Waals surface area contributed by atoms with Crippen LogP contribution in [0.25, 0.3) is 0 Å². The number of esters is 1. The highest BCUT2D eigenvalue weighted by molar-refractivity contribution is 6.31. The first-order valence-electron chi connectivity index (χ1n) is 6.58. The van der Waals surface area contributed by atoms with Crippen molar-refractivity contribution in [3.05, 3.63) is 46.3 Å². The second-order valence-corrected chi connectivity index (χ2v) is 5.27. The van der Waals surface area contributed by atoms with Gasteiger partial charge in [0, 0.05) is 16.8 Å². The van der Waals surface area contributed by atoms with Crippen LogP contribution in [0, 0.1) is 13.8 Å². The molecule has 1 aromatic heterocycles. The number of halogens is 1. The second kappa shape index (κ2) is 6.62. The molecule has 0 unspecified atom stereocenters. The summed E-state index contributed by atoms with van der Waals surface area (Å²) in [5.74, 6) is -1.25. The van der Waals surface area contributed by atoms with Crippen molar-refractivity contribution in [1.29, 1.82) is 0 Å². The lowest BCUT2D eigenvalue weighted by atomic mass is 10.2. The van der Waals surface area contributed by atoms with Crippen molar-refractivity contribution >= 4 is 29.2 Å². The van der Waals surface area contributed by atoms with Crippen molar-refractivity contribution in [1.82, 2.24) is 5.16 Å². The maximum absolute atomic E-state index is 12.1. The molecule has 2 rings (SSSR count). The second-order valence-electron chi connectivity index (χ2n) is 4.83. The summed E-state index contributed by atoms with van der Waals surface area (Å²) in [6, 6.07) is 6.57. The molecule has 0 saturated heterocycles. The summed E-state index contributed by atoms with van der Waals surface area (Å²) in [6.45, 7) is 4.98. The molecule has 0 fully saturated rings. The molecule has 6 nitrogen and oxygen atoms in total. The largest absolute Gasteiger partial charge is 0.447 e. The van der Waals surface area contributed by atoms with E-state index in [0.717, 1.165) is 5.56 Å². The Morgan fingerprint density at radius 3 is 2.68 bits per heavy atom. The van der Waals surface area contributed by atoms with Gasteiger partial charge >= 0.3 is 5.97 Å². The molecule has 0 aliphatic heterocycles. The average Bonchev–Trinajstić information content (AvgIpc) is 2.89. The molecule has 1 amide bonds. The predicted molar refractivity (Wildman–Crippen MR) is 80.9 cm³/mol. The van der Waals surface area contributed by atoms with E-state index < -0.39 is 18.0 Å². The number of ether oxygens (including phenoxy) is 1. The molecule has 0 saturated carbocycles. The molecule has 7 heteroatoms. The topological polar surface area (TPSA) is 81.4 Å². The van der Waals surface area contributed by atoms with E-state index >= 15 is 0 Å². The van der Waals surface area contributed by atoms with Gasteiger partial charge in [0.1, 0.15) is 0 Å². The van der Waals surface area contributed by atoms with E-state index in [1.54, 1.807) is 25.1 Å². The summed E-state index contributed by atoms with van der Waals surface area (Å²) in [5, 5.41) is 6.76. The SMILES string of the molecule is Cc1cc(C(=O)O[C@H](C)C(=O)Nc2cc(Cl)ccc2C)on1. The van der Waals surface area contributed by atoms with Gasteiger partial charge in [-0.15, -0.1) is 0 Å². The van der Waals surface area contributed by atoms with Gasteiger partial charge in [-0.3, -0.25) is 4.79 Å². The van der Waals surface area contributed by atoms with Gasteiger partial charge in [0.2, 0.25) is 5.76 Å². The number of aryl methyl sites for hydroxylation is 2.